The van der Waals surface area contributed by atoms with E-state index in [1.54, 1.807) is 6.92 Å². The number of likely N-dealkylation sites (tertiary alicyclic amines) is 1. The molecule has 1 aromatic carbocycles. The second-order valence-corrected chi connectivity index (χ2v) is 9.53. The van der Waals surface area contributed by atoms with Crippen molar-refractivity contribution in [2.45, 2.75) is 76.4 Å². The summed E-state index contributed by atoms with van der Waals surface area (Å²) in [4.78, 5) is 17.0. The molecule has 2 aliphatic heterocycles. The summed E-state index contributed by atoms with van der Waals surface area (Å²) in [5.74, 6) is 1.60. The molecule has 1 radical (unpaired) electrons. The van der Waals surface area contributed by atoms with Crippen LogP contribution in [0.3, 0.4) is 0 Å². The van der Waals surface area contributed by atoms with Gasteiger partial charge < -0.3 is 15.5 Å². The SMILES string of the molecule is CC(=O)NC1CCCC2C1CCCC2N1CCC(N2[CH]Nc3ccccc32)CC1. The first-order valence-electron chi connectivity index (χ1n) is 11.7. The second kappa shape index (κ2) is 8.17. The third kappa shape index (κ3) is 3.74. The molecule has 5 heteroatoms. The molecule has 0 spiro atoms. The summed E-state index contributed by atoms with van der Waals surface area (Å²) in [5, 5.41) is 6.72. The fourth-order valence-corrected chi connectivity index (χ4v) is 6.69. The number of carbonyl (C=O) groups is 1. The molecular weight excluding hydrogens is 360 g/mol. The van der Waals surface area contributed by atoms with Gasteiger partial charge in [0.25, 0.3) is 0 Å². The summed E-state index contributed by atoms with van der Waals surface area (Å²) in [6, 6.07) is 10.4. The first-order valence-corrected chi connectivity index (χ1v) is 11.7. The van der Waals surface area contributed by atoms with E-state index >= 15 is 0 Å². The normalized spacial score (nSPS) is 32.9. The van der Waals surface area contributed by atoms with Gasteiger partial charge in [0.2, 0.25) is 5.91 Å². The lowest BCUT2D eigenvalue weighted by Gasteiger charge is -2.51. The van der Waals surface area contributed by atoms with Crippen LogP contribution in [0.15, 0.2) is 24.3 Å². The van der Waals surface area contributed by atoms with Crippen molar-refractivity contribution in [1.82, 2.24) is 10.2 Å². The van der Waals surface area contributed by atoms with E-state index in [0.717, 1.165) is 12.0 Å². The highest BCUT2D eigenvalue weighted by atomic mass is 16.1. The van der Waals surface area contributed by atoms with Crippen molar-refractivity contribution in [3.8, 4) is 0 Å². The molecule has 1 saturated heterocycles. The van der Waals surface area contributed by atoms with E-state index in [2.05, 4.69) is 51.4 Å². The number of nitrogens with one attached hydrogen (secondary N) is 2. The zero-order valence-corrected chi connectivity index (χ0v) is 17.6. The largest absolute Gasteiger partial charge is 0.360 e. The molecule has 1 aromatic rings. The Morgan fingerprint density at radius 3 is 2.59 bits per heavy atom. The van der Waals surface area contributed by atoms with E-state index < -0.39 is 0 Å². The van der Waals surface area contributed by atoms with Crippen molar-refractivity contribution < 1.29 is 4.79 Å². The summed E-state index contributed by atoms with van der Waals surface area (Å²) in [7, 11) is 0. The van der Waals surface area contributed by atoms with Crippen LogP contribution in [0.2, 0.25) is 0 Å². The van der Waals surface area contributed by atoms with Crippen LogP contribution in [0.25, 0.3) is 0 Å². The molecular formula is C24H35N4O. The van der Waals surface area contributed by atoms with Crippen molar-refractivity contribution >= 4 is 17.3 Å². The third-order valence-corrected chi connectivity index (χ3v) is 7.94. The predicted octanol–water partition coefficient (Wildman–Crippen LogP) is 3.98. The van der Waals surface area contributed by atoms with Gasteiger partial charge in [0.1, 0.15) is 6.67 Å². The minimum Gasteiger partial charge on any atom is -0.360 e. The molecule has 29 heavy (non-hydrogen) atoms. The van der Waals surface area contributed by atoms with E-state index in [1.165, 1.54) is 75.8 Å². The lowest BCUT2D eigenvalue weighted by molar-refractivity contribution is -0.121. The average Bonchev–Trinajstić information content (AvgIpc) is 3.18. The number of rotatable bonds is 3. The molecule has 2 aliphatic carbocycles. The molecule has 2 N–H and O–H groups in total. The Labute approximate surface area is 175 Å². The fourth-order valence-electron chi connectivity index (χ4n) is 6.69. The molecule has 4 aliphatic rings. The van der Waals surface area contributed by atoms with Crippen molar-refractivity contribution in [3.63, 3.8) is 0 Å². The number of anilines is 2. The van der Waals surface area contributed by atoms with Gasteiger partial charge in [-0.15, -0.1) is 0 Å². The average molecular weight is 396 g/mol. The van der Waals surface area contributed by atoms with Crippen molar-refractivity contribution in [2.24, 2.45) is 11.8 Å². The maximum absolute atomic E-state index is 11.7. The molecule has 2 heterocycles. The minimum absolute atomic E-state index is 0.148. The van der Waals surface area contributed by atoms with Crippen LogP contribution in [0.1, 0.15) is 58.3 Å². The van der Waals surface area contributed by atoms with Crippen LogP contribution >= 0.6 is 0 Å². The number of nitrogens with zero attached hydrogens (tertiary/aromatic N) is 2. The highest BCUT2D eigenvalue weighted by Crippen LogP contribution is 2.44. The number of hydrogen-bond donors (Lipinski definition) is 2. The number of carbonyl (C=O) groups excluding carboxylic acids is 1. The lowest BCUT2D eigenvalue weighted by atomic mass is 9.65. The summed E-state index contributed by atoms with van der Waals surface area (Å²) < 4.78 is 0. The van der Waals surface area contributed by atoms with E-state index in [4.69, 9.17) is 0 Å². The van der Waals surface area contributed by atoms with Crippen molar-refractivity contribution in [2.75, 3.05) is 23.3 Å². The Hall–Kier alpha value is -1.75. The van der Waals surface area contributed by atoms with Crippen LogP contribution < -0.4 is 15.5 Å². The summed E-state index contributed by atoms with van der Waals surface area (Å²) in [5.41, 5.74) is 2.56. The van der Waals surface area contributed by atoms with E-state index in [9.17, 15) is 4.79 Å². The number of piperidine rings is 1. The summed E-state index contributed by atoms with van der Waals surface area (Å²) in [6.45, 7) is 6.25. The van der Waals surface area contributed by atoms with Gasteiger partial charge in [0.05, 0.1) is 11.4 Å². The molecule has 4 atom stereocenters. The second-order valence-electron chi connectivity index (χ2n) is 9.53. The standard InChI is InChI=1S/C24H35N4O/c1-17(29)26-21-9-4-7-20-19(21)6-5-11-23(20)27-14-12-18(13-15-27)28-16-25-22-8-2-3-10-24(22)28/h2-3,8,10,16,18-21,23,25H,4-7,9,11-15H2,1H3,(H,26,29). The molecule has 5 rings (SSSR count). The number of hydrogen-bond acceptors (Lipinski definition) is 4. The zero-order valence-electron chi connectivity index (χ0n) is 17.6. The van der Waals surface area contributed by atoms with Crippen molar-refractivity contribution in [1.29, 1.82) is 0 Å². The quantitative estimate of drug-likeness (QED) is 0.813. The number of fused-ring (bicyclic) bond motifs is 2. The van der Waals surface area contributed by atoms with Gasteiger partial charge >= 0.3 is 0 Å². The Bertz CT molecular complexity index is 729. The van der Waals surface area contributed by atoms with Gasteiger partial charge in [-0.1, -0.05) is 25.0 Å². The monoisotopic (exact) mass is 395 g/mol. The highest BCUT2D eigenvalue weighted by molar-refractivity contribution is 5.77. The molecule has 2 saturated carbocycles. The van der Waals surface area contributed by atoms with E-state index in [1.807, 2.05) is 0 Å². The maximum Gasteiger partial charge on any atom is 0.217 e. The third-order valence-electron chi connectivity index (χ3n) is 7.94. The molecule has 4 unspecified atom stereocenters. The van der Waals surface area contributed by atoms with Gasteiger partial charge in [0.15, 0.2) is 0 Å². The fraction of sp³-hybridized carbons (Fsp3) is 0.667. The number of amides is 1. The van der Waals surface area contributed by atoms with Crippen LogP contribution in [-0.4, -0.2) is 42.0 Å². The molecule has 5 nitrogen and oxygen atoms in total. The Balaban J connectivity index is 1.22. The topological polar surface area (TPSA) is 47.6 Å². The van der Waals surface area contributed by atoms with Gasteiger partial charge in [-0.25, -0.2) is 0 Å². The molecule has 1 amide bonds. The molecule has 0 bridgehead atoms. The number of benzene rings is 1. The minimum atomic E-state index is 0.148. The Morgan fingerprint density at radius 1 is 1.00 bits per heavy atom. The van der Waals surface area contributed by atoms with Crippen molar-refractivity contribution in [3.05, 3.63) is 30.9 Å². The molecule has 3 fully saturated rings. The first-order chi connectivity index (χ1) is 14.2. The zero-order chi connectivity index (χ0) is 19.8. The summed E-state index contributed by atoms with van der Waals surface area (Å²) in [6.07, 6.45) is 10.2. The van der Waals surface area contributed by atoms with E-state index in [-0.39, 0.29) is 5.91 Å². The van der Waals surface area contributed by atoms with Gasteiger partial charge in [-0.3, -0.25) is 9.69 Å². The predicted molar refractivity (Wildman–Crippen MR) is 118 cm³/mol. The Kier molecular flexibility index (Phi) is 5.42. The van der Waals surface area contributed by atoms with E-state index in [0.29, 0.717) is 18.0 Å². The molecule has 157 valence electrons. The van der Waals surface area contributed by atoms with Crippen LogP contribution in [0, 0.1) is 18.5 Å². The lowest BCUT2D eigenvalue weighted by Crippen LogP contribution is -2.56. The Morgan fingerprint density at radius 2 is 1.76 bits per heavy atom. The smallest absolute Gasteiger partial charge is 0.217 e. The van der Waals surface area contributed by atoms with Gasteiger partial charge in [-0.2, -0.15) is 0 Å². The summed E-state index contributed by atoms with van der Waals surface area (Å²) >= 11 is 0. The first kappa shape index (κ1) is 19.2. The van der Waals surface area contributed by atoms with Gasteiger partial charge in [-0.05, 0) is 62.5 Å². The van der Waals surface area contributed by atoms with Crippen LogP contribution in [-0.2, 0) is 4.79 Å². The number of para-hydroxylation sites is 2. The maximum atomic E-state index is 11.7. The highest BCUT2D eigenvalue weighted by Gasteiger charge is 2.43. The van der Waals surface area contributed by atoms with Crippen LogP contribution in [0.5, 0.6) is 0 Å². The molecule has 0 aromatic heterocycles. The van der Waals surface area contributed by atoms with Gasteiger partial charge in [0, 0.05) is 38.1 Å². The van der Waals surface area contributed by atoms with Crippen LogP contribution in [0.4, 0.5) is 11.4 Å².